The molecular weight excluding hydrogens is 406 g/mol. The Morgan fingerprint density at radius 3 is 2.50 bits per heavy atom. The van der Waals surface area contributed by atoms with Gasteiger partial charge in [0.05, 0.1) is 22.9 Å². The van der Waals surface area contributed by atoms with Gasteiger partial charge in [-0.15, -0.1) is 0 Å². The van der Waals surface area contributed by atoms with Gasteiger partial charge in [-0.2, -0.15) is 0 Å². The number of rotatable bonds is 7. The second-order valence-electron chi connectivity index (χ2n) is 7.62. The Hall–Kier alpha value is -2.94. The average Bonchev–Trinajstić information content (AvgIpc) is 3.14. The summed E-state index contributed by atoms with van der Waals surface area (Å²) in [4.78, 5) is 23.4. The van der Waals surface area contributed by atoms with Crippen LogP contribution in [0.5, 0.6) is 0 Å². The van der Waals surface area contributed by atoms with Gasteiger partial charge in [-0.1, -0.05) is 24.3 Å². The number of fused-ring (bicyclic) bond motifs is 1. The standard InChI is InChI=1S/C21H25N3O5S/c1-14(17-11-10-16-6-4-7-18(16)12-17)22-21(25)15(2)23(30(3,28)29)19-8-5-9-20(13-19)24(26)27/h5,8-15H,4,6-7H2,1-3H3,(H,22,25)/t14-,15-/m1/s1. The molecule has 0 radical (unpaired) electrons. The molecule has 0 heterocycles. The highest BCUT2D eigenvalue weighted by Gasteiger charge is 2.31. The third-order valence-electron chi connectivity index (χ3n) is 5.36. The average molecular weight is 432 g/mol. The van der Waals surface area contributed by atoms with Crippen LogP contribution >= 0.6 is 0 Å². The first-order valence-corrected chi connectivity index (χ1v) is 11.6. The summed E-state index contributed by atoms with van der Waals surface area (Å²) in [5.74, 6) is -0.486. The number of carbonyl (C=O) groups excluding carboxylic acids is 1. The lowest BCUT2D eigenvalue weighted by Gasteiger charge is -2.29. The minimum Gasteiger partial charge on any atom is -0.348 e. The summed E-state index contributed by atoms with van der Waals surface area (Å²) in [7, 11) is -3.86. The lowest BCUT2D eigenvalue weighted by atomic mass is 10.0. The zero-order chi connectivity index (χ0) is 22.1. The molecule has 30 heavy (non-hydrogen) atoms. The van der Waals surface area contributed by atoms with Gasteiger partial charge in [0.1, 0.15) is 6.04 Å². The van der Waals surface area contributed by atoms with Gasteiger partial charge in [-0.25, -0.2) is 8.42 Å². The summed E-state index contributed by atoms with van der Waals surface area (Å²) in [6.45, 7) is 3.31. The van der Waals surface area contributed by atoms with Crippen molar-refractivity contribution in [3.8, 4) is 0 Å². The van der Waals surface area contributed by atoms with Crippen molar-refractivity contribution in [2.24, 2.45) is 0 Å². The van der Waals surface area contributed by atoms with Crippen molar-refractivity contribution in [2.45, 2.75) is 45.2 Å². The van der Waals surface area contributed by atoms with Crippen molar-refractivity contribution in [3.05, 3.63) is 69.3 Å². The van der Waals surface area contributed by atoms with E-state index in [1.54, 1.807) is 0 Å². The summed E-state index contributed by atoms with van der Waals surface area (Å²) in [5, 5.41) is 13.9. The van der Waals surface area contributed by atoms with Crippen molar-refractivity contribution in [1.82, 2.24) is 5.32 Å². The maximum Gasteiger partial charge on any atom is 0.271 e. The Balaban J connectivity index is 1.82. The topological polar surface area (TPSA) is 110 Å². The molecule has 0 unspecified atom stereocenters. The first-order valence-electron chi connectivity index (χ1n) is 9.74. The van der Waals surface area contributed by atoms with Gasteiger partial charge >= 0.3 is 0 Å². The first-order chi connectivity index (χ1) is 14.1. The molecule has 0 fully saturated rings. The fraction of sp³-hybridized carbons (Fsp3) is 0.381. The normalized spacial score (nSPS) is 15.2. The number of sulfonamides is 1. The summed E-state index contributed by atoms with van der Waals surface area (Å²) in [5.41, 5.74) is 3.40. The van der Waals surface area contributed by atoms with Gasteiger partial charge in [-0.3, -0.25) is 19.2 Å². The SMILES string of the molecule is C[C@H](C(=O)N[C@H](C)c1ccc2c(c1)CCC2)N(c1cccc([N+](=O)[O-])c1)S(C)(=O)=O. The minimum atomic E-state index is -3.86. The maximum absolute atomic E-state index is 12.9. The van der Waals surface area contributed by atoms with Crippen molar-refractivity contribution >= 4 is 27.3 Å². The molecule has 2 atom stereocenters. The number of carbonyl (C=O) groups is 1. The van der Waals surface area contributed by atoms with Crippen LogP contribution in [0.25, 0.3) is 0 Å². The smallest absolute Gasteiger partial charge is 0.271 e. The molecule has 0 saturated carbocycles. The molecule has 0 saturated heterocycles. The van der Waals surface area contributed by atoms with Crippen LogP contribution in [-0.2, 0) is 27.7 Å². The summed E-state index contributed by atoms with van der Waals surface area (Å²) in [6, 6.07) is 10.00. The molecule has 1 N–H and O–H groups in total. The van der Waals surface area contributed by atoms with Gasteiger partial charge in [-0.05, 0) is 55.9 Å². The van der Waals surface area contributed by atoms with Crippen molar-refractivity contribution in [1.29, 1.82) is 0 Å². The molecule has 0 aromatic heterocycles. The molecule has 160 valence electrons. The number of anilines is 1. The van der Waals surface area contributed by atoms with Crippen LogP contribution < -0.4 is 9.62 Å². The van der Waals surface area contributed by atoms with E-state index >= 15 is 0 Å². The highest BCUT2D eigenvalue weighted by molar-refractivity contribution is 7.92. The Morgan fingerprint density at radius 2 is 1.83 bits per heavy atom. The van der Waals surface area contributed by atoms with Crippen LogP contribution in [0.15, 0.2) is 42.5 Å². The lowest BCUT2D eigenvalue weighted by Crippen LogP contribution is -2.48. The zero-order valence-electron chi connectivity index (χ0n) is 17.2. The molecule has 1 amide bonds. The second-order valence-corrected chi connectivity index (χ2v) is 9.48. The van der Waals surface area contributed by atoms with E-state index in [9.17, 15) is 23.3 Å². The molecule has 2 aromatic rings. The fourth-order valence-electron chi connectivity index (χ4n) is 3.83. The third-order valence-corrected chi connectivity index (χ3v) is 6.61. The van der Waals surface area contributed by atoms with E-state index in [2.05, 4.69) is 17.4 Å². The quantitative estimate of drug-likeness (QED) is 0.535. The van der Waals surface area contributed by atoms with Gasteiger partial charge < -0.3 is 5.32 Å². The summed E-state index contributed by atoms with van der Waals surface area (Å²) in [6.07, 6.45) is 4.19. The van der Waals surface area contributed by atoms with Crippen molar-refractivity contribution in [2.75, 3.05) is 10.6 Å². The Labute approximate surface area is 176 Å². The zero-order valence-corrected chi connectivity index (χ0v) is 18.0. The van der Waals surface area contributed by atoms with E-state index in [1.807, 2.05) is 13.0 Å². The number of nitrogens with one attached hydrogen (secondary N) is 1. The van der Waals surface area contributed by atoms with Gasteiger partial charge in [0.2, 0.25) is 15.9 Å². The predicted molar refractivity (Wildman–Crippen MR) is 115 cm³/mol. The molecular formula is C21H25N3O5S. The van der Waals surface area contributed by atoms with Gasteiger partial charge in [0.25, 0.3) is 5.69 Å². The largest absolute Gasteiger partial charge is 0.348 e. The molecule has 1 aliphatic carbocycles. The van der Waals surface area contributed by atoms with Crippen LogP contribution in [0.1, 0.15) is 43.0 Å². The van der Waals surface area contributed by atoms with E-state index in [0.717, 1.165) is 41.5 Å². The molecule has 3 rings (SSSR count). The first kappa shape index (κ1) is 21.8. The van der Waals surface area contributed by atoms with E-state index in [1.165, 1.54) is 36.2 Å². The Morgan fingerprint density at radius 1 is 1.13 bits per heavy atom. The van der Waals surface area contributed by atoms with Crippen LogP contribution in [-0.4, -0.2) is 31.5 Å². The van der Waals surface area contributed by atoms with Crippen LogP contribution in [0.4, 0.5) is 11.4 Å². The minimum absolute atomic E-state index is 0.0690. The van der Waals surface area contributed by atoms with Crippen LogP contribution in [0.3, 0.4) is 0 Å². The summed E-state index contributed by atoms with van der Waals surface area (Å²) < 4.78 is 25.7. The van der Waals surface area contributed by atoms with E-state index in [-0.39, 0.29) is 17.4 Å². The van der Waals surface area contributed by atoms with E-state index in [4.69, 9.17) is 0 Å². The second kappa shape index (κ2) is 8.43. The number of benzene rings is 2. The third kappa shape index (κ3) is 4.62. The number of nitro groups is 1. The summed E-state index contributed by atoms with van der Waals surface area (Å²) >= 11 is 0. The highest BCUT2D eigenvalue weighted by Crippen LogP contribution is 2.27. The Bertz CT molecular complexity index is 1080. The number of nitrogens with zero attached hydrogens (tertiary/aromatic N) is 2. The van der Waals surface area contributed by atoms with E-state index < -0.39 is 26.9 Å². The number of hydrogen-bond acceptors (Lipinski definition) is 5. The number of amides is 1. The van der Waals surface area contributed by atoms with Gasteiger partial charge in [0.15, 0.2) is 0 Å². The fourth-order valence-corrected chi connectivity index (χ4v) is 5.00. The molecule has 8 nitrogen and oxygen atoms in total. The molecule has 2 aromatic carbocycles. The lowest BCUT2D eigenvalue weighted by molar-refractivity contribution is -0.384. The molecule has 1 aliphatic rings. The van der Waals surface area contributed by atoms with Crippen LogP contribution in [0, 0.1) is 10.1 Å². The monoisotopic (exact) mass is 431 g/mol. The van der Waals surface area contributed by atoms with Gasteiger partial charge in [0, 0.05) is 12.1 Å². The number of nitro benzene ring substituents is 1. The predicted octanol–water partition coefficient (Wildman–Crippen LogP) is 3.12. The maximum atomic E-state index is 12.9. The molecule has 0 bridgehead atoms. The van der Waals surface area contributed by atoms with Crippen molar-refractivity contribution in [3.63, 3.8) is 0 Å². The highest BCUT2D eigenvalue weighted by atomic mass is 32.2. The number of non-ortho nitro benzene ring substituents is 1. The number of hydrogen-bond donors (Lipinski definition) is 1. The number of aryl methyl sites for hydroxylation is 2. The molecule has 0 spiro atoms. The van der Waals surface area contributed by atoms with Crippen LogP contribution in [0.2, 0.25) is 0 Å². The molecule has 0 aliphatic heterocycles. The Kier molecular flexibility index (Phi) is 6.12. The van der Waals surface area contributed by atoms with Crippen molar-refractivity contribution < 1.29 is 18.1 Å². The molecule has 9 heteroatoms. The van der Waals surface area contributed by atoms with E-state index in [0.29, 0.717) is 0 Å².